The molecular weight excluding hydrogens is 590 g/mol. The van der Waals surface area contributed by atoms with Crippen molar-refractivity contribution in [2.45, 2.75) is 219 Å². The van der Waals surface area contributed by atoms with E-state index in [0.717, 1.165) is 44.9 Å². The molecule has 0 rings (SSSR count). The minimum Gasteiger partial charge on any atom is -0.394 e. The fraction of sp³-hybridized carbons (Fsp3) is 0.795. The number of hydrogen-bond acceptors (Lipinski definition) is 3. The van der Waals surface area contributed by atoms with Gasteiger partial charge < -0.3 is 15.5 Å². The molecular formula is C44H81NO3. The molecule has 0 aliphatic carbocycles. The first kappa shape index (κ1) is 46.4. The number of hydrogen-bond donors (Lipinski definition) is 3. The Morgan fingerprint density at radius 2 is 0.917 bits per heavy atom. The van der Waals surface area contributed by atoms with Gasteiger partial charge in [-0.1, -0.05) is 191 Å². The van der Waals surface area contributed by atoms with Gasteiger partial charge in [-0.05, 0) is 57.8 Å². The van der Waals surface area contributed by atoms with Crippen molar-refractivity contribution in [2.24, 2.45) is 0 Å². The van der Waals surface area contributed by atoms with Crippen LogP contribution in [0.1, 0.15) is 206 Å². The zero-order chi connectivity index (χ0) is 35.0. The molecule has 2 unspecified atom stereocenters. The molecule has 0 aromatic rings. The quantitative estimate of drug-likeness (QED) is 0.0455. The van der Waals surface area contributed by atoms with E-state index in [9.17, 15) is 15.0 Å². The number of allylic oxidation sites excluding steroid dienone is 7. The largest absolute Gasteiger partial charge is 0.394 e. The van der Waals surface area contributed by atoms with Crippen molar-refractivity contribution in [1.82, 2.24) is 5.32 Å². The number of carbonyl (C=O) groups is 1. The minimum atomic E-state index is -0.858. The highest BCUT2D eigenvalue weighted by Crippen LogP contribution is 2.15. The fourth-order valence-corrected chi connectivity index (χ4v) is 6.05. The van der Waals surface area contributed by atoms with Crippen molar-refractivity contribution < 1.29 is 15.0 Å². The van der Waals surface area contributed by atoms with Crippen LogP contribution in [0.3, 0.4) is 0 Å². The van der Waals surface area contributed by atoms with E-state index in [1.807, 2.05) is 6.08 Å². The molecule has 0 saturated heterocycles. The second kappa shape index (κ2) is 39.8. The van der Waals surface area contributed by atoms with Crippen LogP contribution in [0.4, 0.5) is 0 Å². The Balaban J connectivity index is 3.43. The second-order valence-corrected chi connectivity index (χ2v) is 14.0. The van der Waals surface area contributed by atoms with Gasteiger partial charge in [0.15, 0.2) is 0 Å². The van der Waals surface area contributed by atoms with Crippen LogP contribution < -0.4 is 5.32 Å². The number of carbonyl (C=O) groups excluding carboxylic acids is 1. The number of aliphatic hydroxyl groups is 2. The molecule has 4 heteroatoms. The fourth-order valence-electron chi connectivity index (χ4n) is 6.05. The van der Waals surface area contributed by atoms with Crippen molar-refractivity contribution in [1.29, 1.82) is 0 Å². The first-order valence-corrected chi connectivity index (χ1v) is 20.9. The maximum Gasteiger partial charge on any atom is 0.220 e. The highest BCUT2D eigenvalue weighted by molar-refractivity contribution is 5.76. The summed E-state index contributed by atoms with van der Waals surface area (Å²) in [6, 6.07) is -0.635. The van der Waals surface area contributed by atoms with Gasteiger partial charge in [0.2, 0.25) is 5.91 Å². The van der Waals surface area contributed by atoms with Crippen molar-refractivity contribution in [3.05, 3.63) is 48.6 Å². The maximum absolute atomic E-state index is 12.3. The van der Waals surface area contributed by atoms with Crippen LogP contribution in [0, 0.1) is 0 Å². The summed E-state index contributed by atoms with van der Waals surface area (Å²) >= 11 is 0. The molecule has 0 spiro atoms. The van der Waals surface area contributed by atoms with E-state index in [1.165, 1.54) is 141 Å². The van der Waals surface area contributed by atoms with E-state index >= 15 is 0 Å². The lowest BCUT2D eigenvalue weighted by atomic mass is 10.0. The van der Waals surface area contributed by atoms with Gasteiger partial charge in [0.25, 0.3) is 0 Å². The molecule has 0 fully saturated rings. The molecule has 0 heterocycles. The second-order valence-electron chi connectivity index (χ2n) is 14.0. The topological polar surface area (TPSA) is 69.6 Å². The summed E-state index contributed by atoms with van der Waals surface area (Å²) in [6.07, 6.45) is 53.9. The molecule has 0 saturated carbocycles. The monoisotopic (exact) mass is 672 g/mol. The van der Waals surface area contributed by atoms with Crippen molar-refractivity contribution >= 4 is 5.91 Å². The molecule has 3 N–H and O–H groups in total. The molecule has 0 bridgehead atoms. The van der Waals surface area contributed by atoms with E-state index in [-0.39, 0.29) is 12.5 Å². The third kappa shape index (κ3) is 35.7. The average molecular weight is 672 g/mol. The van der Waals surface area contributed by atoms with Crippen LogP contribution in [0.25, 0.3) is 0 Å². The molecule has 1 amide bonds. The smallest absolute Gasteiger partial charge is 0.220 e. The maximum atomic E-state index is 12.3. The van der Waals surface area contributed by atoms with Crippen LogP contribution in [-0.2, 0) is 4.79 Å². The van der Waals surface area contributed by atoms with Crippen LogP contribution >= 0.6 is 0 Å². The molecule has 48 heavy (non-hydrogen) atoms. The third-order valence-electron chi connectivity index (χ3n) is 9.27. The number of nitrogens with one attached hydrogen (secondary N) is 1. The van der Waals surface area contributed by atoms with Gasteiger partial charge in [-0.15, -0.1) is 0 Å². The van der Waals surface area contributed by atoms with Crippen LogP contribution in [0.15, 0.2) is 48.6 Å². The first-order chi connectivity index (χ1) is 23.7. The molecule has 0 aliphatic heterocycles. The number of unbranched alkanes of at least 4 members (excludes halogenated alkanes) is 24. The molecule has 2 atom stereocenters. The van der Waals surface area contributed by atoms with E-state index < -0.39 is 12.1 Å². The van der Waals surface area contributed by atoms with Crippen LogP contribution in [-0.4, -0.2) is 34.9 Å². The van der Waals surface area contributed by atoms with Gasteiger partial charge >= 0.3 is 0 Å². The Labute approximate surface area is 299 Å². The molecule has 0 aliphatic rings. The van der Waals surface area contributed by atoms with Gasteiger partial charge in [-0.25, -0.2) is 0 Å². The number of aliphatic hydroxyl groups excluding tert-OH is 2. The van der Waals surface area contributed by atoms with Gasteiger partial charge in [-0.3, -0.25) is 4.79 Å². The lowest BCUT2D eigenvalue weighted by Gasteiger charge is -2.19. The van der Waals surface area contributed by atoms with Gasteiger partial charge in [0, 0.05) is 6.42 Å². The van der Waals surface area contributed by atoms with E-state index in [0.29, 0.717) is 6.42 Å². The van der Waals surface area contributed by atoms with Crippen molar-refractivity contribution in [3.63, 3.8) is 0 Å². The predicted molar refractivity (Wildman–Crippen MR) is 211 cm³/mol. The predicted octanol–water partition coefficient (Wildman–Crippen LogP) is 12.8. The molecule has 0 aromatic carbocycles. The number of amides is 1. The Morgan fingerprint density at radius 1 is 0.500 bits per heavy atom. The van der Waals surface area contributed by atoms with Gasteiger partial charge in [0.1, 0.15) is 0 Å². The summed E-state index contributed by atoms with van der Waals surface area (Å²) in [5, 5.41) is 22.7. The first-order valence-electron chi connectivity index (χ1n) is 20.9. The Kier molecular flexibility index (Phi) is 38.4. The highest BCUT2D eigenvalue weighted by atomic mass is 16.3. The Hall–Kier alpha value is -1.65. The van der Waals surface area contributed by atoms with Crippen LogP contribution in [0.5, 0.6) is 0 Å². The summed E-state index contributed by atoms with van der Waals surface area (Å²) < 4.78 is 0. The van der Waals surface area contributed by atoms with Crippen molar-refractivity contribution in [3.8, 4) is 0 Å². The minimum absolute atomic E-state index is 0.0788. The third-order valence-corrected chi connectivity index (χ3v) is 9.27. The summed E-state index contributed by atoms with van der Waals surface area (Å²) in [5.74, 6) is -0.0788. The lowest BCUT2D eigenvalue weighted by molar-refractivity contribution is -0.123. The average Bonchev–Trinajstić information content (AvgIpc) is 3.09. The van der Waals surface area contributed by atoms with Gasteiger partial charge in [-0.2, -0.15) is 0 Å². The molecule has 0 radical (unpaired) electrons. The lowest BCUT2D eigenvalue weighted by Crippen LogP contribution is -2.45. The van der Waals surface area contributed by atoms with Crippen molar-refractivity contribution in [2.75, 3.05) is 6.61 Å². The summed E-state index contributed by atoms with van der Waals surface area (Å²) in [6.45, 7) is 4.18. The summed E-state index contributed by atoms with van der Waals surface area (Å²) in [5.41, 5.74) is 0. The highest BCUT2D eigenvalue weighted by Gasteiger charge is 2.17. The normalized spacial score (nSPS) is 13.5. The van der Waals surface area contributed by atoms with E-state index in [4.69, 9.17) is 0 Å². The van der Waals surface area contributed by atoms with E-state index in [1.54, 1.807) is 6.08 Å². The van der Waals surface area contributed by atoms with Crippen LogP contribution in [0.2, 0.25) is 0 Å². The Morgan fingerprint density at radius 3 is 1.40 bits per heavy atom. The molecule has 0 aromatic heterocycles. The Bertz CT molecular complexity index is 771. The zero-order valence-corrected chi connectivity index (χ0v) is 32.0. The molecule has 4 nitrogen and oxygen atoms in total. The molecule has 280 valence electrons. The number of rotatable bonds is 37. The van der Waals surface area contributed by atoms with Gasteiger partial charge in [0.05, 0.1) is 18.8 Å². The zero-order valence-electron chi connectivity index (χ0n) is 32.0. The standard InChI is InChI=1S/C44H81NO3/c1-3-5-7-9-11-12-13-14-15-16-17-18-19-20-21-22-23-24-25-26-27-28-29-30-31-32-34-36-38-40-44(48)45-42(41-46)43(47)39-37-35-33-10-8-6-4-2/h8,10,13-14,16-17,37,39,42-43,46-47H,3-7,9,11-12,15,18-36,38,40-41H2,1-2H3,(H,45,48)/b10-8+,14-13-,17-16-,39-37+. The summed E-state index contributed by atoms with van der Waals surface area (Å²) in [7, 11) is 0. The summed E-state index contributed by atoms with van der Waals surface area (Å²) in [4.78, 5) is 12.3. The van der Waals surface area contributed by atoms with E-state index in [2.05, 4.69) is 55.6 Å². The SMILES string of the molecule is CCC/C=C/CC/C=C/C(O)C(CO)NC(=O)CCCCCCCCCCCCCCCCCCC/C=C\C/C=C\CCCCCCC.